The molecule has 0 aliphatic rings. The van der Waals surface area contributed by atoms with E-state index in [2.05, 4.69) is 5.10 Å². The lowest BCUT2D eigenvalue weighted by Gasteiger charge is -2.08. The van der Waals surface area contributed by atoms with Crippen molar-refractivity contribution in [2.24, 2.45) is 0 Å². The number of aromatic nitrogens is 2. The molecular formula is C11H13N3O4S. The van der Waals surface area contributed by atoms with Crippen LogP contribution in [0.1, 0.15) is 4.88 Å². The summed E-state index contributed by atoms with van der Waals surface area (Å²) in [6.45, 7) is 0.776. The highest BCUT2D eigenvalue weighted by Crippen LogP contribution is 2.10. The van der Waals surface area contributed by atoms with Gasteiger partial charge in [-0.3, -0.25) is 0 Å². The number of aliphatic hydroxyl groups excluding tert-OH is 1. The first-order chi connectivity index (χ1) is 9.15. The number of ether oxygens (including phenoxy) is 1. The van der Waals surface area contributed by atoms with Crippen molar-refractivity contribution >= 4 is 17.2 Å². The average molecular weight is 283 g/mol. The molecule has 0 aromatic carbocycles. The second kappa shape index (κ2) is 6.41. The largest absolute Gasteiger partial charge is 0.389 e. The summed E-state index contributed by atoms with van der Waals surface area (Å²) in [5, 5.41) is 25.8. The molecule has 102 valence electrons. The fraction of sp³-hybridized carbons (Fsp3) is 0.364. The van der Waals surface area contributed by atoms with Crippen molar-refractivity contribution in [2.45, 2.75) is 19.3 Å². The van der Waals surface area contributed by atoms with Crippen molar-refractivity contribution < 1.29 is 14.8 Å². The molecule has 0 spiro atoms. The summed E-state index contributed by atoms with van der Waals surface area (Å²) in [5.41, 5.74) is 0. The molecule has 0 unspecified atom stereocenters. The van der Waals surface area contributed by atoms with Gasteiger partial charge in [-0.1, -0.05) is 6.07 Å². The monoisotopic (exact) mass is 283 g/mol. The third-order valence-corrected chi connectivity index (χ3v) is 3.20. The maximum atomic E-state index is 10.4. The summed E-state index contributed by atoms with van der Waals surface area (Å²) in [6, 6.07) is 5.18. The van der Waals surface area contributed by atoms with Crippen LogP contribution in [0.25, 0.3) is 0 Å². The highest BCUT2D eigenvalue weighted by molar-refractivity contribution is 7.09. The van der Waals surface area contributed by atoms with Crippen molar-refractivity contribution in [3.8, 4) is 0 Å². The smallest absolute Gasteiger partial charge is 0.389 e. The van der Waals surface area contributed by atoms with Crippen LogP contribution in [0.4, 0.5) is 5.82 Å². The van der Waals surface area contributed by atoms with Crippen molar-refractivity contribution in [3.05, 3.63) is 44.8 Å². The Hall–Kier alpha value is -1.77. The lowest BCUT2D eigenvalue weighted by Crippen LogP contribution is -2.22. The van der Waals surface area contributed by atoms with Gasteiger partial charge in [0.2, 0.25) is 0 Å². The summed E-state index contributed by atoms with van der Waals surface area (Å²) in [5.74, 6) is -0.230. The van der Waals surface area contributed by atoms with E-state index in [9.17, 15) is 15.2 Å². The van der Waals surface area contributed by atoms with E-state index in [4.69, 9.17) is 4.74 Å². The van der Waals surface area contributed by atoms with Crippen molar-refractivity contribution in [2.75, 3.05) is 6.61 Å². The first kappa shape index (κ1) is 13.7. The van der Waals surface area contributed by atoms with Gasteiger partial charge in [-0.25, -0.2) is 0 Å². The molecule has 0 aliphatic carbocycles. The van der Waals surface area contributed by atoms with Crippen LogP contribution in [-0.2, 0) is 17.9 Å². The fourth-order valence-electron chi connectivity index (χ4n) is 1.51. The minimum atomic E-state index is -0.750. The molecule has 0 saturated carbocycles. The lowest BCUT2D eigenvalue weighted by molar-refractivity contribution is -0.389. The van der Waals surface area contributed by atoms with Crippen LogP contribution < -0.4 is 0 Å². The number of hydrogen-bond donors (Lipinski definition) is 1. The molecule has 2 heterocycles. The molecule has 8 heteroatoms. The Balaban J connectivity index is 1.74. The van der Waals surface area contributed by atoms with Crippen LogP contribution in [0.5, 0.6) is 0 Å². The van der Waals surface area contributed by atoms with E-state index in [1.165, 1.54) is 16.9 Å². The van der Waals surface area contributed by atoms with E-state index >= 15 is 0 Å². The van der Waals surface area contributed by atoms with Gasteiger partial charge in [0, 0.05) is 4.88 Å². The number of thiophene rings is 1. The minimum Gasteiger partial charge on any atom is -0.389 e. The fourth-order valence-corrected chi connectivity index (χ4v) is 2.15. The molecule has 0 radical (unpaired) electrons. The van der Waals surface area contributed by atoms with E-state index in [0.717, 1.165) is 4.88 Å². The number of nitrogens with zero attached hydrogens (tertiary/aromatic N) is 3. The van der Waals surface area contributed by atoms with Crippen molar-refractivity contribution in [1.82, 2.24) is 9.78 Å². The summed E-state index contributed by atoms with van der Waals surface area (Å²) >= 11 is 1.59. The Morgan fingerprint density at radius 2 is 2.42 bits per heavy atom. The molecule has 1 N–H and O–H groups in total. The van der Waals surface area contributed by atoms with Crippen LogP contribution >= 0.6 is 11.3 Å². The predicted molar refractivity (Wildman–Crippen MR) is 68.9 cm³/mol. The zero-order valence-electron chi connectivity index (χ0n) is 10.0. The van der Waals surface area contributed by atoms with Gasteiger partial charge >= 0.3 is 5.82 Å². The quantitative estimate of drug-likeness (QED) is 0.613. The number of rotatable bonds is 7. The minimum absolute atomic E-state index is 0.158. The molecule has 2 rings (SSSR count). The molecule has 0 aliphatic heterocycles. The van der Waals surface area contributed by atoms with Gasteiger partial charge in [0.05, 0.1) is 43.2 Å². The van der Waals surface area contributed by atoms with Crippen LogP contribution in [0.3, 0.4) is 0 Å². The van der Waals surface area contributed by atoms with Gasteiger partial charge < -0.3 is 20.0 Å². The third-order valence-electron chi connectivity index (χ3n) is 2.35. The maximum absolute atomic E-state index is 10.4. The highest BCUT2D eigenvalue weighted by atomic mass is 32.1. The van der Waals surface area contributed by atoms with Gasteiger partial charge in [0.15, 0.2) is 0 Å². The van der Waals surface area contributed by atoms with Crippen LogP contribution in [0, 0.1) is 10.1 Å². The number of hydrogen-bond acceptors (Lipinski definition) is 6. The topological polar surface area (TPSA) is 90.4 Å². The molecule has 19 heavy (non-hydrogen) atoms. The molecule has 1 atom stereocenters. The number of nitro groups is 1. The molecule has 7 nitrogen and oxygen atoms in total. The van der Waals surface area contributed by atoms with E-state index in [1.54, 1.807) is 11.3 Å². The van der Waals surface area contributed by atoms with Gasteiger partial charge in [-0.05, 0) is 16.4 Å². The SMILES string of the molecule is O=[N+]([O-])c1ccn(C[C@@H](O)COCc2cccs2)n1. The molecule has 0 amide bonds. The maximum Gasteiger partial charge on any atom is 0.389 e. The Morgan fingerprint density at radius 3 is 3.05 bits per heavy atom. The summed E-state index contributed by atoms with van der Waals surface area (Å²) in [6.07, 6.45) is 0.708. The van der Waals surface area contributed by atoms with E-state index in [1.807, 2.05) is 17.5 Å². The first-order valence-electron chi connectivity index (χ1n) is 5.61. The van der Waals surface area contributed by atoms with E-state index < -0.39 is 11.0 Å². The normalized spacial score (nSPS) is 12.5. The molecule has 0 saturated heterocycles. The summed E-state index contributed by atoms with van der Waals surface area (Å²) < 4.78 is 6.68. The Morgan fingerprint density at radius 1 is 1.58 bits per heavy atom. The first-order valence-corrected chi connectivity index (χ1v) is 6.49. The van der Waals surface area contributed by atoms with Crippen LogP contribution in [-0.4, -0.2) is 32.5 Å². The summed E-state index contributed by atoms with van der Waals surface area (Å²) in [4.78, 5) is 11.0. The third kappa shape index (κ3) is 4.12. The standard InChI is InChI=1S/C11H13N3O4S/c15-9(7-18-8-10-2-1-5-19-10)6-13-4-3-11(12-13)14(16)17/h1-5,9,15H,6-8H2/t9-/m1/s1. The van der Waals surface area contributed by atoms with Gasteiger partial charge in [0.25, 0.3) is 0 Å². The van der Waals surface area contributed by atoms with Crippen LogP contribution in [0.2, 0.25) is 0 Å². The summed E-state index contributed by atoms with van der Waals surface area (Å²) in [7, 11) is 0. The molecule has 0 fully saturated rings. The zero-order valence-corrected chi connectivity index (χ0v) is 10.8. The Labute approximate surface area is 113 Å². The highest BCUT2D eigenvalue weighted by Gasteiger charge is 2.14. The predicted octanol–water partition coefficient (Wildman–Crippen LogP) is 1.43. The molecular weight excluding hydrogens is 270 g/mol. The van der Waals surface area contributed by atoms with Gasteiger partial charge in [-0.15, -0.1) is 11.3 Å². The zero-order chi connectivity index (χ0) is 13.7. The number of aliphatic hydroxyl groups is 1. The van der Waals surface area contributed by atoms with E-state index in [0.29, 0.717) is 6.61 Å². The van der Waals surface area contributed by atoms with E-state index in [-0.39, 0.29) is 19.0 Å². The molecule has 2 aromatic rings. The van der Waals surface area contributed by atoms with Crippen molar-refractivity contribution in [3.63, 3.8) is 0 Å². The van der Waals surface area contributed by atoms with Crippen molar-refractivity contribution in [1.29, 1.82) is 0 Å². The molecule has 2 aromatic heterocycles. The molecule has 0 bridgehead atoms. The van der Waals surface area contributed by atoms with Gasteiger partial charge in [-0.2, -0.15) is 4.68 Å². The second-order valence-electron chi connectivity index (χ2n) is 3.90. The van der Waals surface area contributed by atoms with Crippen LogP contribution in [0.15, 0.2) is 29.8 Å². The van der Waals surface area contributed by atoms with Gasteiger partial charge in [0.1, 0.15) is 0 Å². The average Bonchev–Trinajstić information content (AvgIpc) is 3.00. The second-order valence-corrected chi connectivity index (χ2v) is 4.93. The Bertz CT molecular complexity index is 526. The lowest BCUT2D eigenvalue weighted by atomic mass is 10.4. The Kier molecular flexibility index (Phi) is 4.61.